The Kier molecular flexibility index (Phi) is 4.27. The summed E-state index contributed by atoms with van der Waals surface area (Å²) in [5, 5.41) is 10.6. The number of aromatic nitrogens is 3. The summed E-state index contributed by atoms with van der Waals surface area (Å²) in [7, 11) is 0. The number of benzene rings is 1. The highest BCUT2D eigenvalue weighted by Gasteiger charge is 2.01. The molecule has 0 aliphatic heterocycles. The number of nitrogens with zero attached hydrogens (tertiary/aromatic N) is 3. The summed E-state index contributed by atoms with van der Waals surface area (Å²) in [6.07, 6.45) is 4.77. The van der Waals surface area contributed by atoms with Gasteiger partial charge in [0.15, 0.2) is 0 Å². The second-order valence-corrected chi connectivity index (χ2v) is 4.26. The molecule has 0 aliphatic carbocycles. The van der Waals surface area contributed by atoms with E-state index in [1.165, 1.54) is 11.8 Å². The highest BCUT2D eigenvalue weighted by Crippen LogP contribution is 2.19. The lowest BCUT2D eigenvalue weighted by Gasteiger charge is -2.00. The van der Waals surface area contributed by atoms with Crippen LogP contribution in [0.4, 0.5) is 0 Å². The third-order valence-electron chi connectivity index (χ3n) is 2.11. The summed E-state index contributed by atoms with van der Waals surface area (Å²) in [4.78, 5) is 4.45. The van der Waals surface area contributed by atoms with Crippen molar-refractivity contribution in [3.63, 3.8) is 0 Å². The van der Waals surface area contributed by atoms with Gasteiger partial charge in [0.2, 0.25) is 5.16 Å². The standard InChI is InChI=1S/C13H13N3S/c1-2-3-9-17-13-15-12(10-14-16-13)11-7-5-4-6-8-11/h3-10H,2H2,1H3. The van der Waals surface area contributed by atoms with Crippen LogP contribution in [-0.4, -0.2) is 15.2 Å². The Hall–Kier alpha value is -1.68. The average Bonchev–Trinajstić information content (AvgIpc) is 2.41. The summed E-state index contributed by atoms with van der Waals surface area (Å²) >= 11 is 1.49. The first-order valence-corrected chi connectivity index (χ1v) is 6.35. The molecule has 0 saturated carbocycles. The van der Waals surface area contributed by atoms with Crippen LogP contribution in [0.25, 0.3) is 11.3 Å². The molecule has 4 heteroatoms. The summed E-state index contributed by atoms with van der Waals surface area (Å²) in [5.74, 6) is 0. The molecule has 2 rings (SSSR count). The van der Waals surface area contributed by atoms with Crippen LogP contribution in [0, 0.1) is 0 Å². The Bertz CT molecular complexity index is 497. The normalized spacial score (nSPS) is 10.9. The van der Waals surface area contributed by atoms with Crippen molar-refractivity contribution >= 4 is 11.8 Å². The van der Waals surface area contributed by atoms with Crippen LogP contribution in [0.1, 0.15) is 13.3 Å². The first kappa shape index (κ1) is 11.8. The van der Waals surface area contributed by atoms with Crippen molar-refractivity contribution in [2.75, 3.05) is 0 Å². The van der Waals surface area contributed by atoms with E-state index in [9.17, 15) is 0 Å². The van der Waals surface area contributed by atoms with E-state index in [0.29, 0.717) is 5.16 Å². The van der Waals surface area contributed by atoms with Gasteiger partial charge in [0.05, 0.1) is 11.9 Å². The Morgan fingerprint density at radius 1 is 1.24 bits per heavy atom. The van der Waals surface area contributed by atoms with Gasteiger partial charge in [-0.25, -0.2) is 4.98 Å². The van der Waals surface area contributed by atoms with Crippen LogP contribution in [0.2, 0.25) is 0 Å². The maximum atomic E-state index is 4.45. The zero-order valence-electron chi connectivity index (χ0n) is 9.58. The molecule has 17 heavy (non-hydrogen) atoms. The number of hydrogen-bond donors (Lipinski definition) is 0. The fourth-order valence-corrected chi connectivity index (χ4v) is 1.95. The van der Waals surface area contributed by atoms with Crippen molar-refractivity contribution in [2.24, 2.45) is 0 Å². The van der Waals surface area contributed by atoms with E-state index in [1.807, 2.05) is 35.7 Å². The minimum absolute atomic E-state index is 0.677. The lowest BCUT2D eigenvalue weighted by molar-refractivity contribution is 0.846. The van der Waals surface area contributed by atoms with Gasteiger partial charge in [-0.2, -0.15) is 5.10 Å². The SMILES string of the molecule is CCC=CSc1nncc(-c2ccccc2)n1. The Labute approximate surface area is 105 Å². The van der Waals surface area contributed by atoms with Crippen LogP contribution >= 0.6 is 11.8 Å². The summed E-state index contributed by atoms with van der Waals surface area (Å²) in [5.41, 5.74) is 1.91. The minimum Gasteiger partial charge on any atom is -0.219 e. The van der Waals surface area contributed by atoms with Crippen LogP contribution < -0.4 is 0 Å². The summed E-state index contributed by atoms with van der Waals surface area (Å²) in [6.45, 7) is 2.09. The Morgan fingerprint density at radius 3 is 2.82 bits per heavy atom. The third kappa shape index (κ3) is 3.39. The zero-order chi connectivity index (χ0) is 11.9. The van der Waals surface area contributed by atoms with Gasteiger partial charge in [0.25, 0.3) is 0 Å². The van der Waals surface area contributed by atoms with Crippen molar-refractivity contribution in [1.82, 2.24) is 15.2 Å². The molecule has 3 nitrogen and oxygen atoms in total. The molecule has 0 radical (unpaired) electrons. The second-order valence-electron chi connectivity index (χ2n) is 3.39. The minimum atomic E-state index is 0.677. The average molecular weight is 243 g/mol. The van der Waals surface area contributed by atoms with Crippen molar-refractivity contribution < 1.29 is 0 Å². The molecule has 0 spiro atoms. The molecule has 0 amide bonds. The molecule has 1 aromatic carbocycles. The summed E-state index contributed by atoms with van der Waals surface area (Å²) < 4.78 is 0. The van der Waals surface area contributed by atoms with E-state index < -0.39 is 0 Å². The first-order valence-electron chi connectivity index (χ1n) is 5.47. The second kappa shape index (κ2) is 6.15. The molecule has 0 fully saturated rings. The molecule has 0 bridgehead atoms. The molecule has 0 aliphatic rings. The number of allylic oxidation sites excluding steroid dienone is 1. The number of hydrogen-bond acceptors (Lipinski definition) is 4. The molecular formula is C13H13N3S. The molecule has 1 heterocycles. The Balaban J connectivity index is 2.20. The maximum Gasteiger partial charge on any atom is 0.213 e. The highest BCUT2D eigenvalue weighted by molar-refractivity contribution is 8.02. The van der Waals surface area contributed by atoms with Crippen LogP contribution in [0.5, 0.6) is 0 Å². The number of thioether (sulfide) groups is 1. The van der Waals surface area contributed by atoms with Gasteiger partial charge in [-0.05, 0) is 11.8 Å². The van der Waals surface area contributed by atoms with E-state index in [-0.39, 0.29) is 0 Å². The number of rotatable bonds is 4. The third-order valence-corrected chi connectivity index (χ3v) is 2.83. The van der Waals surface area contributed by atoms with Crippen LogP contribution in [0.15, 0.2) is 53.2 Å². The molecule has 0 atom stereocenters. The van der Waals surface area contributed by atoms with Gasteiger partial charge in [-0.3, -0.25) is 0 Å². The molecule has 0 N–H and O–H groups in total. The van der Waals surface area contributed by atoms with E-state index in [2.05, 4.69) is 28.2 Å². The predicted octanol–water partition coefficient (Wildman–Crippen LogP) is 3.55. The van der Waals surface area contributed by atoms with Gasteiger partial charge < -0.3 is 0 Å². The molecule has 2 aromatic rings. The molecule has 1 aromatic heterocycles. The molecule has 86 valence electrons. The smallest absolute Gasteiger partial charge is 0.213 e. The molecule has 0 saturated heterocycles. The largest absolute Gasteiger partial charge is 0.219 e. The van der Waals surface area contributed by atoms with Gasteiger partial charge >= 0.3 is 0 Å². The van der Waals surface area contributed by atoms with E-state index in [1.54, 1.807) is 6.20 Å². The van der Waals surface area contributed by atoms with E-state index in [4.69, 9.17) is 0 Å². The quantitative estimate of drug-likeness (QED) is 0.770. The lowest BCUT2D eigenvalue weighted by Crippen LogP contribution is -1.92. The van der Waals surface area contributed by atoms with Crippen LogP contribution in [-0.2, 0) is 0 Å². The van der Waals surface area contributed by atoms with Gasteiger partial charge in [0, 0.05) is 5.56 Å². The predicted molar refractivity (Wildman–Crippen MR) is 70.6 cm³/mol. The fraction of sp³-hybridized carbons (Fsp3) is 0.154. The van der Waals surface area contributed by atoms with Gasteiger partial charge in [-0.15, -0.1) is 5.10 Å². The Morgan fingerprint density at radius 2 is 2.06 bits per heavy atom. The fourth-order valence-electron chi connectivity index (χ4n) is 1.29. The van der Waals surface area contributed by atoms with Crippen molar-refractivity contribution in [1.29, 1.82) is 0 Å². The van der Waals surface area contributed by atoms with Crippen molar-refractivity contribution in [3.8, 4) is 11.3 Å². The summed E-state index contributed by atoms with van der Waals surface area (Å²) in [6, 6.07) is 9.99. The monoisotopic (exact) mass is 243 g/mol. The molecular weight excluding hydrogens is 230 g/mol. The lowest BCUT2D eigenvalue weighted by atomic mass is 10.2. The zero-order valence-corrected chi connectivity index (χ0v) is 10.4. The highest BCUT2D eigenvalue weighted by atomic mass is 32.2. The van der Waals surface area contributed by atoms with Gasteiger partial charge in [0.1, 0.15) is 0 Å². The first-order chi connectivity index (χ1) is 8.40. The van der Waals surface area contributed by atoms with E-state index >= 15 is 0 Å². The molecule has 0 unspecified atom stereocenters. The van der Waals surface area contributed by atoms with E-state index in [0.717, 1.165) is 17.7 Å². The maximum absolute atomic E-state index is 4.45. The van der Waals surface area contributed by atoms with Crippen molar-refractivity contribution in [2.45, 2.75) is 18.5 Å². The van der Waals surface area contributed by atoms with Crippen molar-refractivity contribution in [3.05, 3.63) is 48.0 Å². The van der Waals surface area contributed by atoms with Gasteiger partial charge in [-0.1, -0.05) is 55.1 Å². The van der Waals surface area contributed by atoms with Crippen LogP contribution in [0.3, 0.4) is 0 Å². The topological polar surface area (TPSA) is 38.7 Å².